The van der Waals surface area contributed by atoms with Gasteiger partial charge in [-0.2, -0.15) is 0 Å². The largest absolute Gasteiger partial charge is 0.508 e. The van der Waals surface area contributed by atoms with Gasteiger partial charge in [0.1, 0.15) is 30.8 Å². The van der Waals surface area contributed by atoms with E-state index in [0.717, 1.165) is 32.1 Å². The number of amides is 2. The molecule has 1 aliphatic heterocycles. The summed E-state index contributed by atoms with van der Waals surface area (Å²) in [7, 11) is 0. The molecule has 5 rings (SSSR count). The molecule has 3 aromatic rings. The van der Waals surface area contributed by atoms with Gasteiger partial charge in [-0.25, -0.2) is 0 Å². The summed E-state index contributed by atoms with van der Waals surface area (Å²) in [6, 6.07) is 17.7. The summed E-state index contributed by atoms with van der Waals surface area (Å²) in [6.07, 6.45) is 5.08. The monoisotopic (exact) mass is 530 g/mol. The lowest BCUT2D eigenvalue weighted by atomic mass is 9.94. The van der Waals surface area contributed by atoms with Crippen LogP contribution in [-0.2, 0) is 4.79 Å². The van der Waals surface area contributed by atoms with Gasteiger partial charge in [0.2, 0.25) is 5.91 Å². The summed E-state index contributed by atoms with van der Waals surface area (Å²) in [6.45, 7) is 3.10. The van der Waals surface area contributed by atoms with Crippen LogP contribution < -0.4 is 24.4 Å². The molecule has 0 bridgehead atoms. The molecule has 8 nitrogen and oxygen atoms in total. The predicted octanol–water partition coefficient (Wildman–Crippen LogP) is 5.40. The van der Waals surface area contributed by atoms with Gasteiger partial charge in [-0.15, -0.1) is 0 Å². The quantitative estimate of drug-likeness (QED) is 0.405. The van der Waals surface area contributed by atoms with Crippen LogP contribution in [-0.4, -0.2) is 42.8 Å². The minimum absolute atomic E-state index is 0.0410. The topological polar surface area (TPSA) is 97.3 Å². The summed E-state index contributed by atoms with van der Waals surface area (Å²) in [4.78, 5) is 30.0. The van der Waals surface area contributed by atoms with Crippen molar-refractivity contribution in [2.24, 2.45) is 0 Å². The molecule has 0 spiro atoms. The van der Waals surface area contributed by atoms with Crippen molar-refractivity contribution in [3.8, 4) is 23.0 Å². The number of benzene rings is 3. The van der Waals surface area contributed by atoms with Crippen LogP contribution in [0.25, 0.3) is 0 Å². The highest BCUT2D eigenvalue weighted by atomic mass is 16.6. The minimum Gasteiger partial charge on any atom is -0.508 e. The number of carbonyl (C=O) groups is 2. The maximum Gasteiger partial charge on any atom is 0.259 e. The molecule has 3 aromatic carbocycles. The van der Waals surface area contributed by atoms with E-state index in [0.29, 0.717) is 53.9 Å². The molecule has 2 aliphatic rings. The van der Waals surface area contributed by atoms with Gasteiger partial charge in [-0.3, -0.25) is 14.5 Å². The van der Waals surface area contributed by atoms with E-state index in [1.54, 1.807) is 42.5 Å². The second kappa shape index (κ2) is 12.1. The number of anilines is 1. The van der Waals surface area contributed by atoms with E-state index in [2.05, 4.69) is 5.32 Å². The second-order valence-electron chi connectivity index (χ2n) is 9.77. The number of phenolic OH excluding ortho intramolecular Hbond substituents is 1. The van der Waals surface area contributed by atoms with E-state index in [1.807, 2.05) is 19.1 Å². The van der Waals surface area contributed by atoms with Crippen molar-refractivity contribution in [3.05, 3.63) is 77.9 Å². The van der Waals surface area contributed by atoms with Crippen LogP contribution in [0.2, 0.25) is 0 Å². The minimum atomic E-state index is -1.02. The zero-order chi connectivity index (χ0) is 27.2. The highest BCUT2D eigenvalue weighted by molar-refractivity contribution is 6.11. The molecule has 1 saturated carbocycles. The molecule has 1 atom stereocenters. The highest BCUT2D eigenvalue weighted by Gasteiger charge is 2.36. The third-order valence-electron chi connectivity index (χ3n) is 7.10. The lowest BCUT2D eigenvalue weighted by molar-refractivity contribution is -0.123. The van der Waals surface area contributed by atoms with Gasteiger partial charge in [-0.1, -0.05) is 43.5 Å². The van der Waals surface area contributed by atoms with Crippen LogP contribution >= 0.6 is 0 Å². The number of nitrogens with zero attached hydrogens (tertiary/aromatic N) is 1. The van der Waals surface area contributed by atoms with Crippen molar-refractivity contribution >= 4 is 17.5 Å². The van der Waals surface area contributed by atoms with Gasteiger partial charge in [0.05, 0.1) is 12.3 Å². The molecule has 1 aliphatic carbocycles. The molecule has 39 heavy (non-hydrogen) atoms. The van der Waals surface area contributed by atoms with E-state index in [-0.39, 0.29) is 17.7 Å². The predicted molar refractivity (Wildman–Crippen MR) is 148 cm³/mol. The van der Waals surface area contributed by atoms with Gasteiger partial charge >= 0.3 is 0 Å². The summed E-state index contributed by atoms with van der Waals surface area (Å²) in [5.74, 6) is 0.938. The second-order valence-corrected chi connectivity index (χ2v) is 9.77. The molecule has 8 heteroatoms. The van der Waals surface area contributed by atoms with Crippen molar-refractivity contribution in [1.82, 2.24) is 5.32 Å². The Morgan fingerprint density at radius 1 is 0.974 bits per heavy atom. The van der Waals surface area contributed by atoms with Crippen LogP contribution in [0.4, 0.5) is 5.69 Å². The van der Waals surface area contributed by atoms with Gasteiger partial charge in [-0.05, 0) is 67.8 Å². The van der Waals surface area contributed by atoms with Crippen molar-refractivity contribution in [1.29, 1.82) is 0 Å². The Labute approximate surface area is 228 Å². The molecule has 0 radical (unpaired) electrons. The van der Waals surface area contributed by atoms with Gasteiger partial charge in [0, 0.05) is 11.6 Å². The molecule has 1 fully saturated rings. The molecule has 2 amide bonds. The summed E-state index contributed by atoms with van der Waals surface area (Å²) >= 11 is 0. The average Bonchev–Trinajstić information content (AvgIpc) is 2.97. The van der Waals surface area contributed by atoms with Crippen LogP contribution in [0, 0.1) is 0 Å². The Kier molecular flexibility index (Phi) is 8.20. The average molecular weight is 531 g/mol. The molecule has 204 valence electrons. The van der Waals surface area contributed by atoms with Gasteiger partial charge < -0.3 is 24.6 Å². The van der Waals surface area contributed by atoms with E-state index in [1.165, 1.54) is 17.0 Å². The van der Waals surface area contributed by atoms with Crippen LogP contribution in [0.5, 0.6) is 23.0 Å². The molecular weight excluding hydrogens is 496 g/mol. The van der Waals surface area contributed by atoms with Crippen LogP contribution in [0.1, 0.15) is 61.0 Å². The highest BCUT2D eigenvalue weighted by Crippen LogP contribution is 2.38. The Balaban J connectivity index is 1.62. The Hall–Kier alpha value is -4.20. The van der Waals surface area contributed by atoms with Crippen molar-refractivity contribution in [3.63, 3.8) is 0 Å². The first-order valence-electron chi connectivity index (χ1n) is 13.6. The van der Waals surface area contributed by atoms with Crippen LogP contribution in [0.15, 0.2) is 66.7 Å². The number of nitrogens with one attached hydrogen (secondary N) is 1. The van der Waals surface area contributed by atoms with Crippen molar-refractivity contribution < 1.29 is 28.9 Å². The molecule has 2 N–H and O–H groups in total. The summed E-state index contributed by atoms with van der Waals surface area (Å²) in [5, 5.41) is 13.2. The number of fused-ring (bicyclic) bond motifs is 1. The standard InChI is InChI=1S/C31H34N2O6/c1-2-37-26-11-7-6-10-25(26)33(31(36)22-14-17-27-28(20-22)39-19-18-38-27)29(21-12-15-24(34)16-13-21)30(35)32-23-8-4-3-5-9-23/h6-7,10-17,20,23,29,34H,2-5,8-9,18-19H2,1H3,(H,32,35)/t29-/m1/s1. The maximum atomic E-state index is 14.4. The smallest absolute Gasteiger partial charge is 0.259 e. The van der Waals surface area contributed by atoms with Gasteiger partial charge in [0.15, 0.2) is 11.5 Å². The molecule has 0 saturated heterocycles. The first-order valence-corrected chi connectivity index (χ1v) is 13.6. The fourth-order valence-electron chi connectivity index (χ4n) is 5.22. The van der Waals surface area contributed by atoms with E-state index in [4.69, 9.17) is 14.2 Å². The number of phenols is 1. The fraction of sp³-hybridized carbons (Fsp3) is 0.355. The van der Waals surface area contributed by atoms with Crippen molar-refractivity contribution in [2.45, 2.75) is 51.1 Å². The molecule has 0 aromatic heterocycles. The zero-order valence-corrected chi connectivity index (χ0v) is 22.1. The van der Waals surface area contributed by atoms with E-state index in [9.17, 15) is 14.7 Å². The Morgan fingerprint density at radius 2 is 1.69 bits per heavy atom. The Morgan fingerprint density at radius 3 is 2.44 bits per heavy atom. The zero-order valence-electron chi connectivity index (χ0n) is 22.1. The third-order valence-corrected chi connectivity index (χ3v) is 7.10. The molecule has 1 heterocycles. The lowest BCUT2D eigenvalue weighted by Crippen LogP contribution is -2.47. The lowest BCUT2D eigenvalue weighted by Gasteiger charge is -2.34. The first-order chi connectivity index (χ1) is 19.0. The summed E-state index contributed by atoms with van der Waals surface area (Å²) in [5.41, 5.74) is 1.38. The number of hydrogen-bond acceptors (Lipinski definition) is 6. The number of para-hydroxylation sites is 2. The first kappa shape index (κ1) is 26.4. The molecular formula is C31H34N2O6. The number of aromatic hydroxyl groups is 1. The van der Waals surface area contributed by atoms with Crippen LogP contribution in [0.3, 0.4) is 0 Å². The summed E-state index contributed by atoms with van der Waals surface area (Å²) < 4.78 is 17.3. The fourth-order valence-corrected chi connectivity index (χ4v) is 5.22. The maximum absolute atomic E-state index is 14.4. The Bertz CT molecular complexity index is 1300. The third kappa shape index (κ3) is 5.95. The number of ether oxygens (including phenoxy) is 3. The molecule has 0 unspecified atom stereocenters. The SMILES string of the molecule is CCOc1ccccc1N(C(=O)c1ccc2c(c1)OCCO2)[C@@H](C(=O)NC1CCCCC1)c1ccc(O)cc1. The van der Waals surface area contributed by atoms with E-state index < -0.39 is 11.9 Å². The number of carbonyl (C=O) groups excluding carboxylic acids is 2. The van der Waals surface area contributed by atoms with E-state index >= 15 is 0 Å². The van der Waals surface area contributed by atoms with Crippen molar-refractivity contribution in [2.75, 3.05) is 24.7 Å². The number of rotatable bonds is 8. The number of hydrogen-bond donors (Lipinski definition) is 2. The normalized spacial score (nSPS) is 15.7. The van der Waals surface area contributed by atoms with Gasteiger partial charge in [0.25, 0.3) is 5.91 Å².